The zero-order valence-corrected chi connectivity index (χ0v) is 14.3. The maximum atomic E-state index is 5.80. The third-order valence-electron chi connectivity index (χ3n) is 3.41. The van der Waals surface area contributed by atoms with E-state index in [0.29, 0.717) is 19.8 Å². The van der Waals surface area contributed by atoms with Crippen LogP contribution in [0.3, 0.4) is 0 Å². The fourth-order valence-electron chi connectivity index (χ4n) is 2.44. The second-order valence-corrected chi connectivity index (χ2v) is 5.61. The molecule has 0 unspecified atom stereocenters. The molecular formula is C20H26O3. The van der Waals surface area contributed by atoms with Gasteiger partial charge in [0.2, 0.25) is 0 Å². The van der Waals surface area contributed by atoms with Crippen LogP contribution in [0.15, 0.2) is 42.5 Å². The summed E-state index contributed by atoms with van der Waals surface area (Å²) >= 11 is 0. The van der Waals surface area contributed by atoms with Crippen molar-refractivity contribution in [1.82, 2.24) is 0 Å². The van der Waals surface area contributed by atoms with E-state index in [1.54, 1.807) is 0 Å². The Balaban J connectivity index is 1.68. The molecule has 0 fully saturated rings. The largest absolute Gasteiger partial charge is 0.494 e. The average Bonchev–Trinajstić information content (AvgIpc) is 2.51. The Morgan fingerprint density at radius 1 is 0.739 bits per heavy atom. The van der Waals surface area contributed by atoms with E-state index in [-0.39, 0.29) is 0 Å². The monoisotopic (exact) mass is 314 g/mol. The van der Waals surface area contributed by atoms with Crippen LogP contribution in [0.5, 0.6) is 17.2 Å². The summed E-state index contributed by atoms with van der Waals surface area (Å²) in [5, 5.41) is 0. The summed E-state index contributed by atoms with van der Waals surface area (Å²) in [5.41, 5.74) is 2.46. The summed E-state index contributed by atoms with van der Waals surface area (Å²) in [4.78, 5) is 0. The smallest absolute Gasteiger partial charge is 0.161 e. The molecule has 3 heteroatoms. The van der Waals surface area contributed by atoms with Crippen LogP contribution in [0.4, 0.5) is 0 Å². The van der Waals surface area contributed by atoms with Crippen molar-refractivity contribution >= 4 is 0 Å². The van der Waals surface area contributed by atoms with E-state index in [4.69, 9.17) is 14.2 Å². The Hall–Kier alpha value is -2.16. The minimum absolute atomic E-state index is 0.643. The number of benzene rings is 2. The fraction of sp³-hybridized carbons (Fsp3) is 0.400. The van der Waals surface area contributed by atoms with E-state index in [2.05, 4.69) is 32.0 Å². The molecule has 0 heterocycles. The number of ether oxygens (including phenoxy) is 3. The molecule has 0 aliphatic carbocycles. The normalized spacial score (nSPS) is 10.4. The Bertz CT molecular complexity index is 587. The van der Waals surface area contributed by atoms with Gasteiger partial charge in [0.25, 0.3) is 0 Å². The van der Waals surface area contributed by atoms with Crippen molar-refractivity contribution in [3.05, 3.63) is 53.6 Å². The second kappa shape index (κ2) is 9.09. The Labute approximate surface area is 139 Å². The van der Waals surface area contributed by atoms with Crippen molar-refractivity contribution in [1.29, 1.82) is 0 Å². The van der Waals surface area contributed by atoms with Crippen molar-refractivity contribution in [2.45, 2.75) is 33.6 Å². The van der Waals surface area contributed by atoms with Gasteiger partial charge in [0.15, 0.2) is 11.5 Å². The fourth-order valence-corrected chi connectivity index (χ4v) is 2.44. The van der Waals surface area contributed by atoms with E-state index < -0.39 is 0 Å². The molecule has 0 aromatic heterocycles. The van der Waals surface area contributed by atoms with E-state index >= 15 is 0 Å². The van der Waals surface area contributed by atoms with Crippen LogP contribution < -0.4 is 14.2 Å². The Kier molecular flexibility index (Phi) is 6.79. The van der Waals surface area contributed by atoms with E-state index in [1.165, 1.54) is 11.1 Å². The van der Waals surface area contributed by atoms with E-state index in [0.717, 1.165) is 30.1 Å². The highest BCUT2D eigenvalue weighted by molar-refractivity contribution is 5.39. The van der Waals surface area contributed by atoms with Gasteiger partial charge in [-0.1, -0.05) is 18.2 Å². The third-order valence-corrected chi connectivity index (χ3v) is 3.41. The first-order valence-corrected chi connectivity index (χ1v) is 8.24. The molecule has 0 bridgehead atoms. The SMILES string of the molecule is CCOc1ccccc1OCCCCOc1cc(C)cc(C)c1. The number of unbranched alkanes of at least 4 members (excludes halogenated alkanes) is 1. The minimum Gasteiger partial charge on any atom is -0.494 e. The van der Waals surface area contributed by atoms with Crippen LogP contribution >= 0.6 is 0 Å². The average molecular weight is 314 g/mol. The molecule has 0 saturated heterocycles. The van der Waals surface area contributed by atoms with Crippen molar-refractivity contribution in [2.75, 3.05) is 19.8 Å². The summed E-state index contributed by atoms with van der Waals surface area (Å²) in [6, 6.07) is 14.1. The van der Waals surface area contributed by atoms with Crippen molar-refractivity contribution in [3.8, 4) is 17.2 Å². The van der Waals surface area contributed by atoms with Crippen LogP contribution in [0, 0.1) is 13.8 Å². The predicted octanol–water partition coefficient (Wildman–Crippen LogP) is 4.94. The summed E-state index contributed by atoms with van der Waals surface area (Å²) in [6.45, 7) is 8.16. The minimum atomic E-state index is 0.643. The molecule has 2 aromatic rings. The molecule has 0 aliphatic heterocycles. The van der Waals surface area contributed by atoms with Crippen molar-refractivity contribution in [2.24, 2.45) is 0 Å². The highest BCUT2D eigenvalue weighted by atomic mass is 16.5. The maximum Gasteiger partial charge on any atom is 0.161 e. The van der Waals surface area contributed by atoms with Crippen LogP contribution in [0.2, 0.25) is 0 Å². The molecule has 0 spiro atoms. The molecule has 0 saturated carbocycles. The maximum absolute atomic E-state index is 5.80. The molecule has 2 aromatic carbocycles. The summed E-state index contributed by atoms with van der Waals surface area (Å²) in [5.74, 6) is 2.57. The lowest BCUT2D eigenvalue weighted by molar-refractivity contribution is 0.252. The van der Waals surface area contributed by atoms with Gasteiger partial charge in [-0.05, 0) is 69.0 Å². The van der Waals surface area contributed by atoms with Crippen LogP contribution in [0.25, 0.3) is 0 Å². The number of hydrogen-bond acceptors (Lipinski definition) is 3. The first-order chi connectivity index (χ1) is 11.2. The van der Waals surface area contributed by atoms with Crippen LogP contribution in [-0.4, -0.2) is 19.8 Å². The van der Waals surface area contributed by atoms with Gasteiger partial charge in [-0.15, -0.1) is 0 Å². The highest BCUT2D eigenvalue weighted by Crippen LogP contribution is 2.26. The zero-order valence-electron chi connectivity index (χ0n) is 14.3. The second-order valence-electron chi connectivity index (χ2n) is 5.61. The molecule has 2 rings (SSSR count). The quantitative estimate of drug-likeness (QED) is 0.614. The molecule has 0 radical (unpaired) electrons. The summed E-state index contributed by atoms with van der Waals surface area (Å²) < 4.78 is 17.1. The predicted molar refractivity (Wildman–Crippen MR) is 93.8 cm³/mol. The molecule has 0 aliphatic rings. The van der Waals surface area contributed by atoms with Gasteiger partial charge in [-0.25, -0.2) is 0 Å². The number of hydrogen-bond donors (Lipinski definition) is 0. The first-order valence-electron chi connectivity index (χ1n) is 8.24. The molecule has 3 nitrogen and oxygen atoms in total. The molecule has 0 N–H and O–H groups in total. The third kappa shape index (κ3) is 5.85. The molecular weight excluding hydrogens is 288 g/mol. The van der Waals surface area contributed by atoms with Crippen LogP contribution in [-0.2, 0) is 0 Å². The lowest BCUT2D eigenvalue weighted by Crippen LogP contribution is -2.04. The zero-order chi connectivity index (χ0) is 16.5. The molecule has 124 valence electrons. The van der Waals surface area contributed by atoms with E-state index in [9.17, 15) is 0 Å². The standard InChI is InChI=1S/C20H26O3/c1-4-21-19-9-5-6-10-20(19)23-12-8-7-11-22-18-14-16(2)13-17(3)15-18/h5-6,9-10,13-15H,4,7-8,11-12H2,1-3H3. The van der Waals surface area contributed by atoms with Crippen LogP contribution in [0.1, 0.15) is 30.9 Å². The Morgan fingerprint density at radius 3 is 1.91 bits per heavy atom. The van der Waals surface area contributed by atoms with Gasteiger partial charge in [-0.3, -0.25) is 0 Å². The lowest BCUT2D eigenvalue weighted by Gasteiger charge is -2.12. The molecule has 0 amide bonds. The molecule has 23 heavy (non-hydrogen) atoms. The number of para-hydroxylation sites is 2. The lowest BCUT2D eigenvalue weighted by atomic mass is 10.1. The van der Waals surface area contributed by atoms with Gasteiger partial charge < -0.3 is 14.2 Å². The van der Waals surface area contributed by atoms with Crippen molar-refractivity contribution < 1.29 is 14.2 Å². The summed E-state index contributed by atoms with van der Waals surface area (Å²) in [6.07, 6.45) is 1.91. The van der Waals surface area contributed by atoms with Gasteiger partial charge in [-0.2, -0.15) is 0 Å². The van der Waals surface area contributed by atoms with Gasteiger partial charge in [0, 0.05) is 0 Å². The van der Waals surface area contributed by atoms with Gasteiger partial charge in [0.05, 0.1) is 19.8 Å². The van der Waals surface area contributed by atoms with Gasteiger partial charge >= 0.3 is 0 Å². The van der Waals surface area contributed by atoms with Gasteiger partial charge in [0.1, 0.15) is 5.75 Å². The number of rotatable bonds is 9. The highest BCUT2D eigenvalue weighted by Gasteiger charge is 2.03. The number of aryl methyl sites for hydroxylation is 2. The summed E-state index contributed by atoms with van der Waals surface area (Å²) in [7, 11) is 0. The van der Waals surface area contributed by atoms with E-state index in [1.807, 2.05) is 31.2 Å². The van der Waals surface area contributed by atoms with Crippen molar-refractivity contribution in [3.63, 3.8) is 0 Å². The molecule has 0 atom stereocenters. The topological polar surface area (TPSA) is 27.7 Å². The first kappa shape index (κ1) is 17.2. The Morgan fingerprint density at radius 2 is 1.30 bits per heavy atom.